The average molecular weight is 347 g/mol. The number of aryl methyl sites for hydroxylation is 1. The van der Waals surface area contributed by atoms with Gasteiger partial charge in [-0.3, -0.25) is 4.90 Å². The number of imidazole rings is 1. The van der Waals surface area contributed by atoms with Gasteiger partial charge in [0.15, 0.2) is 0 Å². The number of halogens is 1. The zero-order chi connectivity index (χ0) is 16.9. The molecule has 1 unspecified atom stereocenters. The molecule has 1 aromatic heterocycles. The van der Waals surface area contributed by atoms with Crippen molar-refractivity contribution in [1.82, 2.24) is 19.8 Å². The Bertz CT molecular complexity index is 700. The Morgan fingerprint density at radius 3 is 3.08 bits per heavy atom. The van der Waals surface area contributed by atoms with Gasteiger partial charge in [-0.25, -0.2) is 4.98 Å². The molecule has 128 valence electrons. The molecule has 3 rings (SSSR count). The zero-order valence-electron chi connectivity index (χ0n) is 13.9. The van der Waals surface area contributed by atoms with Crippen LogP contribution >= 0.6 is 11.6 Å². The van der Waals surface area contributed by atoms with Gasteiger partial charge in [-0.2, -0.15) is 0 Å². The van der Waals surface area contributed by atoms with E-state index in [0.29, 0.717) is 17.4 Å². The van der Waals surface area contributed by atoms with E-state index >= 15 is 0 Å². The summed E-state index contributed by atoms with van der Waals surface area (Å²) in [4.78, 5) is 6.96. The fourth-order valence-corrected chi connectivity index (χ4v) is 3.29. The van der Waals surface area contributed by atoms with E-state index in [4.69, 9.17) is 16.3 Å². The van der Waals surface area contributed by atoms with Crippen LogP contribution in [0.25, 0.3) is 0 Å². The average Bonchev–Trinajstić information content (AvgIpc) is 3.00. The number of nitrogens with zero attached hydrogens (tertiary/aromatic N) is 3. The number of aromatic nitrogens is 2. The summed E-state index contributed by atoms with van der Waals surface area (Å²) in [5, 5.41) is 4.10. The van der Waals surface area contributed by atoms with Gasteiger partial charge >= 0.3 is 0 Å². The summed E-state index contributed by atoms with van der Waals surface area (Å²) in [6.07, 6.45) is 5.55. The molecule has 2 aromatic rings. The van der Waals surface area contributed by atoms with Gasteiger partial charge in [0.2, 0.25) is 0 Å². The predicted molar refractivity (Wildman–Crippen MR) is 96.4 cm³/mol. The van der Waals surface area contributed by atoms with Crippen LogP contribution in [-0.2, 0) is 13.6 Å². The first-order valence-corrected chi connectivity index (χ1v) is 8.51. The van der Waals surface area contributed by atoms with E-state index in [1.807, 2.05) is 31.6 Å². The van der Waals surface area contributed by atoms with Crippen molar-refractivity contribution >= 4 is 11.6 Å². The maximum Gasteiger partial charge on any atom is 0.138 e. The van der Waals surface area contributed by atoms with Gasteiger partial charge in [-0.15, -0.1) is 0 Å². The Labute approximate surface area is 147 Å². The molecule has 0 aliphatic carbocycles. The van der Waals surface area contributed by atoms with Crippen molar-refractivity contribution in [1.29, 1.82) is 0 Å². The molecule has 1 saturated heterocycles. The molecule has 0 spiro atoms. The van der Waals surface area contributed by atoms with Crippen molar-refractivity contribution in [2.45, 2.75) is 12.6 Å². The summed E-state index contributed by atoms with van der Waals surface area (Å²) in [6, 6.07) is 6.24. The Hall–Kier alpha value is -1.82. The van der Waals surface area contributed by atoms with E-state index < -0.39 is 0 Å². The van der Waals surface area contributed by atoms with Crippen molar-refractivity contribution < 1.29 is 4.74 Å². The molecule has 1 N–H and O–H groups in total. The summed E-state index contributed by atoms with van der Waals surface area (Å²) in [7, 11) is 2.04. The molecule has 1 aliphatic rings. The highest BCUT2D eigenvalue weighted by atomic mass is 35.5. The Morgan fingerprint density at radius 1 is 1.50 bits per heavy atom. The van der Waals surface area contributed by atoms with E-state index in [2.05, 4.69) is 32.4 Å². The topological polar surface area (TPSA) is 42.3 Å². The first-order valence-electron chi connectivity index (χ1n) is 8.13. The van der Waals surface area contributed by atoms with Crippen molar-refractivity contribution in [3.8, 4) is 5.75 Å². The van der Waals surface area contributed by atoms with E-state index in [1.165, 1.54) is 5.56 Å². The van der Waals surface area contributed by atoms with Crippen molar-refractivity contribution in [3.05, 3.63) is 59.7 Å². The van der Waals surface area contributed by atoms with Crippen LogP contribution < -0.4 is 10.1 Å². The summed E-state index contributed by atoms with van der Waals surface area (Å²) in [6.45, 7) is 7.80. The lowest BCUT2D eigenvalue weighted by Crippen LogP contribution is -2.46. The summed E-state index contributed by atoms with van der Waals surface area (Å²) in [5.41, 5.74) is 1.17. The lowest BCUT2D eigenvalue weighted by molar-refractivity contribution is 0.144. The molecule has 1 aromatic carbocycles. The first kappa shape index (κ1) is 17.0. The summed E-state index contributed by atoms with van der Waals surface area (Å²) in [5.74, 6) is 1.78. The maximum absolute atomic E-state index is 6.34. The second-order valence-corrected chi connectivity index (χ2v) is 6.36. The van der Waals surface area contributed by atoms with E-state index in [-0.39, 0.29) is 6.04 Å². The Kier molecular flexibility index (Phi) is 5.56. The molecule has 1 aliphatic heterocycles. The lowest BCUT2D eigenvalue weighted by atomic mass is 10.1. The highest BCUT2D eigenvalue weighted by molar-refractivity contribution is 6.32. The standard InChI is InChI=1S/C18H23ClN4O/c1-3-10-24-17-5-4-14(11-15(17)19)13-23-9-6-20-12-16(23)18-21-7-8-22(18)2/h3-5,7-8,11,16,20H,1,6,9-10,12-13H2,2H3. The van der Waals surface area contributed by atoms with Gasteiger partial charge in [0, 0.05) is 45.6 Å². The number of hydrogen-bond donors (Lipinski definition) is 1. The number of benzene rings is 1. The monoisotopic (exact) mass is 346 g/mol. The fraction of sp³-hybridized carbons (Fsp3) is 0.389. The van der Waals surface area contributed by atoms with Crippen LogP contribution in [0.4, 0.5) is 0 Å². The van der Waals surface area contributed by atoms with Gasteiger partial charge in [0.25, 0.3) is 0 Å². The van der Waals surface area contributed by atoms with Crippen LogP contribution in [0.2, 0.25) is 5.02 Å². The van der Waals surface area contributed by atoms with Crippen molar-refractivity contribution in [2.75, 3.05) is 26.2 Å². The molecule has 5 nitrogen and oxygen atoms in total. The molecule has 0 radical (unpaired) electrons. The SMILES string of the molecule is C=CCOc1ccc(CN2CCNCC2c2nccn2C)cc1Cl. The predicted octanol–water partition coefficient (Wildman–Crippen LogP) is 2.78. The molecule has 0 bridgehead atoms. The van der Waals surface area contributed by atoms with E-state index in [0.717, 1.165) is 32.0 Å². The third-order valence-corrected chi connectivity index (χ3v) is 4.54. The number of rotatable bonds is 6. The van der Waals surface area contributed by atoms with Gasteiger partial charge in [-0.1, -0.05) is 30.3 Å². The minimum atomic E-state index is 0.259. The first-order chi connectivity index (χ1) is 11.7. The Balaban J connectivity index is 1.74. The molecule has 24 heavy (non-hydrogen) atoms. The van der Waals surface area contributed by atoms with Gasteiger partial charge in [0.05, 0.1) is 11.1 Å². The summed E-state index contributed by atoms with van der Waals surface area (Å²) >= 11 is 6.34. The molecule has 0 saturated carbocycles. The largest absolute Gasteiger partial charge is 0.488 e. The third-order valence-electron chi connectivity index (χ3n) is 4.25. The second-order valence-electron chi connectivity index (χ2n) is 5.95. The molecule has 1 fully saturated rings. The van der Waals surface area contributed by atoms with Gasteiger partial charge in [0.1, 0.15) is 18.2 Å². The van der Waals surface area contributed by atoms with Gasteiger partial charge < -0.3 is 14.6 Å². The lowest BCUT2D eigenvalue weighted by Gasteiger charge is -2.35. The van der Waals surface area contributed by atoms with Crippen LogP contribution in [0.5, 0.6) is 5.75 Å². The third kappa shape index (κ3) is 3.80. The van der Waals surface area contributed by atoms with Crippen molar-refractivity contribution in [2.24, 2.45) is 7.05 Å². The smallest absolute Gasteiger partial charge is 0.138 e. The number of piperazine rings is 1. The molecule has 1 atom stereocenters. The van der Waals surface area contributed by atoms with Crippen LogP contribution in [0.1, 0.15) is 17.4 Å². The van der Waals surface area contributed by atoms with E-state index in [9.17, 15) is 0 Å². The van der Waals surface area contributed by atoms with E-state index in [1.54, 1.807) is 6.08 Å². The van der Waals surface area contributed by atoms with Crippen LogP contribution in [0.15, 0.2) is 43.2 Å². The molecular weight excluding hydrogens is 324 g/mol. The number of nitrogens with one attached hydrogen (secondary N) is 1. The van der Waals surface area contributed by atoms with Crippen LogP contribution in [0.3, 0.4) is 0 Å². The highest BCUT2D eigenvalue weighted by Crippen LogP contribution is 2.28. The quantitative estimate of drug-likeness (QED) is 0.817. The molecular formula is C18H23ClN4O. The van der Waals surface area contributed by atoms with Gasteiger partial charge in [-0.05, 0) is 17.7 Å². The minimum Gasteiger partial charge on any atom is -0.488 e. The van der Waals surface area contributed by atoms with Crippen LogP contribution in [-0.4, -0.2) is 40.7 Å². The molecule has 0 amide bonds. The van der Waals surface area contributed by atoms with Crippen molar-refractivity contribution in [3.63, 3.8) is 0 Å². The zero-order valence-corrected chi connectivity index (χ0v) is 14.7. The Morgan fingerprint density at radius 2 is 2.38 bits per heavy atom. The highest BCUT2D eigenvalue weighted by Gasteiger charge is 2.26. The molecule has 6 heteroatoms. The summed E-state index contributed by atoms with van der Waals surface area (Å²) < 4.78 is 7.63. The minimum absolute atomic E-state index is 0.259. The second kappa shape index (κ2) is 7.83. The maximum atomic E-state index is 6.34. The van der Waals surface area contributed by atoms with Crippen LogP contribution in [0, 0.1) is 0 Å². The molecule has 2 heterocycles. The number of ether oxygens (including phenoxy) is 1. The normalized spacial score (nSPS) is 18.5. The number of hydrogen-bond acceptors (Lipinski definition) is 4. The fourth-order valence-electron chi connectivity index (χ4n) is 3.03.